The van der Waals surface area contributed by atoms with E-state index in [0.29, 0.717) is 47.6 Å². The van der Waals surface area contributed by atoms with Gasteiger partial charge in [0, 0.05) is 30.7 Å². The Morgan fingerprint density at radius 2 is 1.72 bits per heavy atom. The number of para-hydroxylation sites is 1. The van der Waals surface area contributed by atoms with Crippen LogP contribution >= 0.6 is 0 Å². The number of nitrogens with one attached hydrogen (secondary N) is 2. The molecule has 0 radical (unpaired) electrons. The third-order valence-electron chi connectivity index (χ3n) is 5.85. The Labute approximate surface area is 186 Å². The second-order valence-electron chi connectivity index (χ2n) is 8.10. The summed E-state index contributed by atoms with van der Waals surface area (Å²) >= 11 is 0. The molecule has 8 heteroatoms. The lowest BCUT2D eigenvalue weighted by atomic mass is 9.82. The quantitative estimate of drug-likeness (QED) is 0.513. The van der Waals surface area contributed by atoms with Gasteiger partial charge in [0.05, 0.1) is 17.3 Å². The predicted molar refractivity (Wildman–Crippen MR) is 120 cm³/mol. The maximum Gasteiger partial charge on any atom is 0.404 e. The average molecular weight is 434 g/mol. The molecule has 0 bridgehead atoms. The fourth-order valence-electron chi connectivity index (χ4n) is 4.12. The van der Waals surface area contributed by atoms with Crippen LogP contribution in [0.1, 0.15) is 36.0 Å². The number of carboxylic acid groups (broad SMARTS) is 1. The van der Waals surface area contributed by atoms with Gasteiger partial charge in [-0.05, 0) is 55.7 Å². The Balaban J connectivity index is 1.41. The van der Waals surface area contributed by atoms with Gasteiger partial charge in [-0.15, -0.1) is 0 Å². The minimum atomic E-state index is -0.976. The standard InChI is InChI=1S/C24H26N4O4/c29-23(26-13-16-7-9-17(10-8-16)14-27-24(30)31)20-12-22(32-18-4-3-11-25-15-18)28-21-6-2-1-5-19(20)21/h1-6,11-12,15-17,27H,7-10,13-14H2,(H,26,29)(H,30,31). The summed E-state index contributed by atoms with van der Waals surface area (Å²) in [4.78, 5) is 32.3. The fraction of sp³-hybridized carbons (Fsp3) is 0.333. The number of fused-ring (bicyclic) bond motifs is 1. The van der Waals surface area contributed by atoms with Crippen molar-refractivity contribution >= 4 is 22.9 Å². The molecule has 1 aliphatic carbocycles. The van der Waals surface area contributed by atoms with E-state index in [-0.39, 0.29) is 5.91 Å². The maximum absolute atomic E-state index is 13.1. The summed E-state index contributed by atoms with van der Waals surface area (Å²) in [7, 11) is 0. The summed E-state index contributed by atoms with van der Waals surface area (Å²) in [6, 6.07) is 12.7. The lowest BCUT2D eigenvalue weighted by Gasteiger charge is -2.28. The number of hydrogen-bond donors (Lipinski definition) is 3. The van der Waals surface area contributed by atoms with E-state index in [1.165, 1.54) is 0 Å². The molecule has 1 fully saturated rings. The van der Waals surface area contributed by atoms with E-state index in [4.69, 9.17) is 9.84 Å². The van der Waals surface area contributed by atoms with E-state index in [1.54, 1.807) is 30.6 Å². The highest BCUT2D eigenvalue weighted by Crippen LogP contribution is 2.29. The van der Waals surface area contributed by atoms with Crippen molar-refractivity contribution in [2.75, 3.05) is 13.1 Å². The van der Waals surface area contributed by atoms with Crippen molar-refractivity contribution < 1.29 is 19.4 Å². The van der Waals surface area contributed by atoms with Crippen molar-refractivity contribution in [3.8, 4) is 11.6 Å². The first-order chi connectivity index (χ1) is 15.6. The molecule has 3 aromatic rings. The zero-order valence-corrected chi connectivity index (χ0v) is 17.7. The van der Waals surface area contributed by atoms with E-state index in [9.17, 15) is 9.59 Å². The molecule has 0 saturated heterocycles. The number of carbonyl (C=O) groups excluding carboxylic acids is 1. The molecule has 0 unspecified atom stereocenters. The highest BCUT2D eigenvalue weighted by atomic mass is 16.5. The molecular formula is C24H26N4O4. The van der Waals surface area contributed by atoms with Crippen LogP contribution in [0.15, 0.2) is 54.9 Å². The molecule has 0 spiro atoms. The van der Waals surface area contributed by atoms with Crippen LogP contribution in [0.5, 0.6) is 11.6 Å². The van der Waals surface area contributed by atoms with E-state index < -0.39 is 6.09 Å². The summed E-state index contributed by atoms with van der Waals surface area (Å²) in [5.74, 6) is 1.49. The SMILES string of the molecule is O=C(O)NCC1CCC(CNC(=O)c2cc(Oc3cccnc3)nc3ccccc23)CC1. The lowest BCUT2D eigenvalue weighted by Crippen LogP contribution is -2.34. The largest absolute Gasteiger partial charge is 0.465 e. The maximum atomic E-state index is 13.1. The summed E-state index contributed by atoms with van der Waals surface area (Å²) < 4.78 is 5.82. The van der Waals surface area contributed by atoms with Crippen LogP contribution in [0, 0.1) is 11.8 Å². The van der Waals surface area contributed by atoms with E-state index in [2.05, 4.69) is 20.6 Å². The number of hydrogen-bond acceptors (Lipinski definition) is 5. The second-order valence-corrected chi connectivity index (χ2v) is 8.10. The van der Waals surface area contributed by atoms with Gasteiger partial charge in [0.1, 0.15) is 5.75 Å². The van der Waals surface area contributed by atoms with Crippen molar-refractivity contribution in [1.29, 1.82) is 0 Å². The van der Waals surface area contributed by atoms with Crippen molar-refractivity contribution in [1.82, 2.24) is 20.6 Å². The molecule has 3 N–H and O–H groups in total. The van der Waals surface area contributed by atoms with E-state index in [0.717, 1.165) is 31.1 Å². The Bertz CT molecular complexity index is 1080. The average Bonchev–Trinajstić information content (AvgIpc) is 2.82. The number of aromatic nitrogens is 2. The van der Waals surface area contributed by atoms with E-state index in [1.807, 2.05) is 24.3 Å². The number of nitrogens with zero attached hydrogens (tertiary/aromatic N) is 2. The molecule has 1 aromatic carbocycles. The monoisotopic (exact) mass is 434 g/mol. The fourth-order valence-corrected chi connectivity index (χ4v) is 4.12. The first kappa shape index (κ1) is 21.5. The summed E-state index contributed by atoms with van der Waals surface area (Å²) in [6.45, 7) is 1.09. The minimum Gasteiger partial charge on any atom is -0.465 e. The van der Waals surface area contributed by atoms with Crippen LogP contribution < -0.4 is 15.4 Å². The molecule has 2 heterocycles. The number of pyridine rings is 2. The third-order valence-corrected chi connectivity index (χ3v) is 5.85. The third kappa shape index (κ3) is 5.51. The van der Waals surface area contributed by atoms with Crippen molar-refractivity contribution in [3.63, 3.8) is 0 Å². The van der Waals surface area contributed by atoms with Crippen molar-refractivity contribution in [2.45, 2.75) is 25.7 Å². The van der Waals surface area contributed by atoms with Gasteiger partial charge in [0.15, 0.2) is 0 Å². The van der Waals surface area contributed by atoms with Crippen LogP contribution in [0.2, 0.25) is 0 Å². The van der Waals surface area contributed by atoms with Gasteiger partial charge in [-0.1, -0.05) is 18.2 Å². The van der Waals surface area contributed by atoms with Crippen LogP contribution in [0.25, 0.3) is 10.9 Å². The predicted octanol–water partition coefficient (Wildman–Crippen LogP) is 4.23. The zero-order chi connectivity index (χ0) is 22.3. The number of amides is 2. The molecule has 32 heavy (non-hydrogen) atoms. The van der Waals surface area contributed by atoms with Gasteiger partial charge in [-0.2, -0.15) is 0 Å². The number of benzene rings is 1. The molecule has 8 nitrogen and oxygen atoms in total. The van der Waals surface area contributed by atoms with Gasteiger partial charge < -0.3 is 20.5 Å². The minimum absolute atomic E-state index is 0.158. The first-order valence-electron chi connectivity index (χ1n) is 10.8. The zero-order valence-electron chi connectivity index (χ0n) is 17.7. The molecule has 1 aliphatic rings. The lowest BCUT2D eigenvalue weighted by molar-refractivity contribution is 0.0942. The van der Waals surface area contributed by atoms with Gasteiger partial charge >= 0.3 is 6.09 Å². The van der Waals surface area contributed by atoms with E-state index >= 15 is 0 Å². The molecule has 2 aromatic heterocycles. The number of ether oxygens (including phenoxy) is 1. The van der Waals surface area contributed by atoms with Gasteiger partial charge in [0.2, 0.25) is 5.88 Å². The summed E-state index contributed by atoms with van der Waals surface area (Å²) in [6.07, 6.45) is 6.15. The normalized spacial score (nSPS) is 18.1. The summed E-state index contributed by atoms with van der Waals surface area (Å²) in [5, 5.41) is 15.1. The van der Waals surface area contributed by atoms with Crippen molar-refractivity contribution in [3.05, 3.63) is 60.4 Å². The number of rotatable bonds is 7. The first-order valence-corrected chi connectivity index (χ1v) is 10.8. The number of carbonyl (C=O) groups is 2. The molecule has 2 amide bonds. The Hall–Kier alpha value is -3.68. The molecule has 0 aliphatic heterocycles. The van der Waals surface area contributed by atoms with Gasteiger partial charge in [-0.25, -0.2) is 9.78 Å². The molecule has 4 rings (SSSR count). The van der Waals surface area contributed by atoms with Crippen LogP contribution in [-0.4, -0.2) is 40.2 Å². The summed E-state index contributed by atoms with van der Waals surface area (Å²) in [5.41, 5.74) is 1.21. The van der Waals surface area contributed by atoms with Crippen LogP contribution in [0.4, 0.5) is 4.79 Å². The molecule has 166 valence electrons. The van der Waals surface area contributed by atoms with Crippen LogP contribution in [-0.2, 0) is 0 Å². The molecule has 0 atom stereocenters. The Morgan fingerprint density at radius 3 is 2.41 bits per heavy atom. The van der Waals surface area contributed by atoms with Crippen LogP contribution in [0.3, 0.4) is 0 Å². The second kappa shape index (κ2) is 10.1. The van der Waals surface area contributed by atoms with Gasteiger partial charge in [-0.3, -0.25) is 9.78 Å². The smallest absolute Gasteiger partial charge is 0.404 e. The van der Waals surface area contributed by atoms with Crippen molar-refractivity contribution in [2.24, 2.45) is 11.8 Å². The Kier molecular flexibility index (Phi) is 6.79. The molecule has 1 saturated carbocycles. The van der Waals surface area contributed by atoms with Gasteiger partial charge in [0.25, 0.3) is 5.91 Å². The highest BCUT2D eigenvalue weighted by Gasteiger charge is 2.22. The molecular weight excluding hydrogens is 408 g/mol. The Morgan fingerprint density at radius 1 is 1.00 bits per heavy atom. The topological polar surface area (TPSA) is 113 Å². The highest BCUT2D eigenvalue weighted by molar-refractivity contribution is 6.06.